The van der Waals surface area contributed by atoms with Crippen LogP contribution in [0.25, 0.3) is 5.69 Å². The van der Waals surface area contributed by atoms with Gasteiger partial charge < -0.3 is 4.90 Å². The fourth-order valence-electron chi connectivity index (χ4n) is 3.88. The first-order valence-corrected chi connectivity index (χ1v) is 8.80. The number of carbonyl (C=O) groups is 1. The standard InChI is InChI=1S/C18H23N5O/c24-18(16-6-2-3-7-17(16)23-13-19-20-14-23)22-11-8-15(12-22)21-9-4-1-5-10-21/h2-3,6-7,13-15H,1,4-5,8-12H2. The van der Waals surface area contributed by atoms with Crippen LogP contribution in [0.3, 0.4) is 0 Å². The first-order valence-electron chi connectivity index (χ1n) is 8.80. The molecule has 2 aromatic rings. The molecule has 3 heterocycles. The molecule has 1 unspecified atom stereocenters. The summed E-state index contributed by atoms with van der Waals surface area (Å²) in [5.41, 5.74) is 1.56. The highest BCUT2D eigenvalue weighted by Gasteiger charge is 2.32. The molecule has 1 amide bonds. The maximum atomic E-state index is 13.0. The van der Waals surface area contributed by atoms with Crippen LogP contribution in [0.4, 0.5) is 0 Å². The number of hydrogen-bond acceptors (Lipinski definition) is 4. The van der Waals surface area contributed by atoms with Gasteiger partial charge >= 0.3 is 0 Å². The van der Waals surface area contributed by atoms with Crippen molar-refractivity contribution in [3.8, 4) is 5.69 Å². The van der Waals surface area contributed by atoms with Crippen LogP contribution in [0.15, 0.2) is 36.9 Å². The third-order valence-electron chi connectivity index (χ3n) is 5.19. The Morgan fingerprint density at radius 2 is 1.75 bits per heavy atom. The molecular weight excluding hydrogens is 302 g/mol. The van der Waals surface area contributed by atoms with Gasteiger partial charge in [0.05, 0.1) is 11.3 Å². The van der Waals surface area contributed by atoms with E-state index >= 15 is 0 Å². The Kier molecular flexibility index (Phi) is 4.30. The van der Waals surface area contributed by atoms with E-state index in [0.29, 0.717) is 6.04 Å². The molecule has 6 nitrogen and oxygen atoms in total. The molecule has 2 aliphatic heterocycles. The van der Waals surface area contributed by atoms with Crippen molar-refractivity contribution in [1.82, 2.24) is 24.6 Å². The number of carbonyl (C=O) groups excluding carboxylic acids is 1. The van der Waals surface area contributed by atoms with Crippen molar-refractivity contribution in [2.75, 3.05) is 26.2 Å². The summed E-state index contributed by atoms with van der Waals surface area (Å²) in [5.74, 6) is 0.110. The second-order valence-corrected chi connectivity index (χ2v) is 6.68. The molecule has 0 N–H and O–H groups in total. The summed E-state index contributed by atoms with van der Waals surface area (Å²) < 4.78 is 1.80. The van der Waals surface area contributed by atoms with Crippen molar-refractivity contribution in [2.24, 2.45) is 0 Å². The van der Waals surface area contributed by atoms with E-state index in [-0.39, 0.29) is 5.91 Å². The minimum absolute atomic E-state index is 0.110. The van der Waals surface area contributed by atoms with Gasteiger partial charge in [-0.1, -0.05) is 18.6 Å². The van der Waals surface area contributed by atoms with E-state index in [2.05, 4.69) is 15.1 Å². The molecular formula is C18H23N5O. The van der Waals surface area contributed by atoms with E-state index in [4.69, 9.17) is 0 Å². The van der Waals surface area contributed by atoms with E-state index < -0.39 is 0 Å². The summed E-state index contributed by atoms with van der Waals surface area (Å²) in [6, 6.07) is 8.21. The average molecular weight is 325 g/mol. The maximum Gasteiger partial charge on any atom is 0.256 e. The summed E-state index contributed by atoms with van der Waals surface area (Å²) in [6.45, 7) is 4.06. The van der Waals surface area contributed by atoms with Crippen LogP contribution in [0, 0.1) is 0 Å². The maximum absolute atomic E-state index is 13.0. The highest BCUT2D eigenvalue weighted by atomic mass is 16.2. The van der Waals surface area contributed by atoms with Crippen LogP contribution in [-0.2, 0) is 0 Å². The summed E-state index contributed by atoms with van der Waals surface area (Å²) in [4.78, 5) is 17.6. The summed E-state index contributed by atoms with van der Waals surface area (Å²) in [7, 11) is 0. The molecule has 1 aromatic heterocycles. The highest BCUT2D eigenvalue weighted by molar-refractivity contribution is 5.98. The first kappa shape index (κ1) is 15.3. The molecule has 2 saturated heterocycles. The van der Waals surface area contributed by atoms with E-state index in [0.717, 1.165) is 30.8 Å². The molecule has 6 heteroatoms. The molecule has 1 atom stereocenters. The Labute approximate surface area is 142 Å². The largest absolute Gasteiger partial charge is 0.337 e. The number of hydrogen-bond donors (Lipinski definition) is 0. The van der Waals surface area contributed by atoms with E-state index in [1.807, 2.05) is 29.2 Å². The Bertz CT molecular complexity index is 693. The molecule has 24 heavy (non-hydrogen) atoms. The number of aromatic nitrogens is 3. The molecule has 0 saturated carbocycles. The topological polar surface area (TPSA) is 54.3 Å². The lowest BCUT2D eigenvalue weighted by Gasteiger charge is -2.32. The average Bonchev–Trinajstić information content (AvgIpc) is 3.34. The lowest BCUT2D eigenvalue weighted by molar-refractivity contribution is 0.0771. The quantitative estimate of drug-likeness (QED) is 0.866. The third-order valence-corrected chi connectivity index (χ3v) is 5.19. The van der Waals surface area contributed by atoms with Gasteiger partial charge in [-0.2, -0.15) is 0 Å². The minimum atomic E-state index is 0.110. The van der Waals surface area contributed by atoms with Gasteiger partial charge in [0.25, 0.3) is 5.91 Å². The third kappa shape index (κ3) is 2.94. The van der Waals surface area contributed by atoms with Gasteiger partial charge in [-0.05, 0) is 44.5 Å². The van der Waals surface area contributed by atoms with Gasteiger partial charge in [-0.25, -0.2) is 0 Å². The van der Waals surface area contributed by atoms with Gasteiger partial charge in [0, 0.05) is 19.1 Å². The van der Waals surface area contributed by atoms with E-state index in [1.54, 1.807) is 17.2 Å². The number of amides is 1. The zero-order valence-corrected chi connectivity index (χ0v) is 13.8. The molecule has 2 aliphatic rings. The normalized spacial score (nSPS) is 22.0. The fourth-order valence-corrected chi connectivity index (χ4v) is 3.88. The van der Waals surface area contributed by atoms with Crippen molar-refractivity contribution in [2.45, 2.75) is 31.7 Å². The first-order chi connectivity index (χ1) is 11.8. The predicted molar refractivity (Wildman–Crippen MR) is 91.1 cm³/mol. The molecule has 0 radical (unpaired) electrons. The lowest BCUT2D eigenvalue weighted by atomic mass is 10.1. The summed E-state index contributed by atoms with van der Waals surface area (Å²) in [5, 5.41) is 7.70. The molecule has 126 valence electrons. The molecule has 0 bridgehead atoms. The fraction of sp³-hybridized carbons (Fsp3) is 0.500. The van der Waals surface area contributed by atoms with Crippen molar-refractivity contribution >= 4 is 5.91 Å². The number of likely N-dealkylation sites (tertiary alicyclic amines) is 2. The lowest BCUT2D eigenvalue weighted by Crippen LogP contribution is -2.41. The number of para-hydroxylation sites is 1. The number of nitrogens with zero attached hydrogens (tertiary/aromatic N) is 5. The Hall–Kier alpha value is -2.21. The molecule has 1 aromatic carbocycles. The van der Waals surface area contributed by atoms with Crippen LogP contribution < -0.4 is 0 Å². The van der Waals surface area contributed by atoms with E-state index in [1.165, 1.54) is 32.4 Å². The van der Waals surface area contributed by atoms with Crippen LogP contribution in [-0.4, -0.2) is 62.7 Å². The number of benzene rings is 1. The molecule has 0 aliphatic carbocycles. The van der Waals surface area contributed by atoms with Crippen LogP contribution in [0.1, 0.15) is 36.0 Å². The van der Waals surface area contributed by atoms with Crippen molar-refractivity contribution in [3.63, 3.8) is 0 Å². The van der Waals surface area contributed by atoms with E-state index in [9.17, 15) is 4.79 Å². The zero-order valence-electron chi connectivity index (χ0n) is 13.8. The second kappa shape index (κ2) is 6.73. The number of piperidine rings is 1. The highest BCUT2D eigenvalue weighted by Crippen LogP contribution is 2.23. The summed E-state index contributed by atoms with van der Waals surface area (Å²) in [6.07, 6.45) is 8.28. The second-order valence-electron chi connectivity index (χ2n) is 6.68. The van der Waals surface area contributed by atoms with Crippen LogP contribution in [0.2, 0.25) is 0 Å². The van der Waals surface area contributed by atoms with Crippen molar-refractivity contribution < 1.29 is 4.79 Å². The predicted octanol–water partition coefficient (Wildman–Crippen LogP) is 1.97. The Morgan fingerprint density at radius 1 is 1.00 bits per heavy atom. The van der Waals surface area contributed by atoms with Crippen molar-refractivity contribution in [3.05, 3.63) is 42.5 Å². The monoisotopic (exact) mass is 325 g/mol. The van der Waals surface area contributed by atoms with Gasteiger partial charge in [0.2, 0.25) is 0 Å². The zero-order chi connectivity index (χ0) is 16.4. The Morgan fingerprint density at radius 3 is 2.54 bits per heavy atom. The van der Waals surface area contributed by atoms with Gasteiger partial charge in [0.1, 0.15) is 12.7 Å². The minimum Gasteiger partial charge on any atom is -0.337 e. The number of rotatable bonds is 3. The van der Waals surface area contributed by atoms with Gasteiger partial charge in [-0.3, -0.25) is 14.3 Å². The summed E-state index contributed by atoms with van der Waals surface area (Å²) >= 11 is 0. The van der Waals surface area contributed by atoms with Crippen molar-refractivity contribution in [1.29, 1.82) is 0 Å². The van der Waals surface area contributed by atoms with Crippen LogP contribution >= 0.6 is 0 Å². The molecule has 2 fully saturated rings. The van der Waals surface area contributed by atoms with Crippen LogP contribution in [0.5, 0.6) is 0 Å². The Balaban J connectivity index is 1.51. The van der Waals surface area contributed by atoms with Gasteiger partial charge in [0.15, 0.2) is 0 Å². The van der Waals surface area contributed by atoms with Gasteiger partial charge in [-0.15, -0.1) is 10.2 Å². The smallest absolute Gasteiger partial charge is 0.256 e. The molecule has 4 rings (SSSR count). The molecule has 0 spiro atoms. The SMILES string of the molecule is O=C(c1ccccc1-n1cnnc1)N1CCC(N2CCCCC2)C1.